The van der Waals surface area contributed by atoms with E-state index in [1.165, 1.54) is 36.6 Å². The highest BCUT2D eigenvalue weighted by molar-refractivity contribution is 6.03. The van der Waals surface area contributed by atoms with Gasteiger partial charge in [-0.3, -0.25) is 0 Å². The van der Waals surface area contributed by atoms with Crippen LogP contribution in [-0.2, 0) is 24.1 Å². The molecule has 2 aliphatic heterocycles. The summed E-state index contributed by atoms with van der Waals surface area (Å²) < 4.78 is 7.41. The molecule has 4 aliphatic carbocycles. The zero-order chi connectivity index (χ0) is 37.6. The Balaban J connectivity index is 0.885. The Hall–Kier alpha value is -4.76. The van der Waals surface area contributed by atoms with Gasteiger partial charge in [0.2, 0.25) is 0 Å². The molecule has 284 valence electrons. The number of allylic oxidation sites excluding steroid dienone is 2. The third-order valence-electron chi connectivity index (χ3n) is 14.6. The number of nitrogens with one attached hydrogen (secondary N) is 1. The van der Waals surface area contributed by atoms with Crippen molar-refractivity contribution in [3.05, 3.63) is 113 Å². The van der Waals surface area contributed by atoms with Gasteiger partial charge < -0.3 is 40.7 Å². The molecule has 8 heteroatoms. The summed E-state index contributed by atoms with van der Waals surface area (Å²) in [7, 11) is 0. The molecule has 0 amide bonds. The van der Waals surface area contributed by atoms with Gasteiger partial charge in [-0.1, -0.05) is 78.9 Å². The van der Waals surface area contributed by atoms with Gasteiger partial charge in [0, 0.05) is 35.4 Å². The van der Waals surface area contributed by atoms with Crippen molar-refractivity contribution in [1.82, 2.24) is 5.32 Å². The van der Waals surface area contributed by atoms with E-state index in [-0.39, 0.29) is 63.3 Å². The second-order valence-corrected chi connectivity index (χ2v) is 17.2. The van der Waals surface area contributed by atoms with Gasteiger partial charge in [0.25, 0.3) is 0 Å². The topological polar surface area (TPSA) is 143 Å². The van der Waals surface area contributed by atoms with Crippen LogP contribution in [0.25, 0.3) is 22.9 Å². The van der Waals surface area contributed by atoms with E-state index in [9.17, 15) is 30.6 Å². The van der Waals surface area contributed by atoms with Crippen LogP contribution >= 0.6 is 0 Å². The number of aliphatic hydroxyl groups excluding tert-OH is 1. The van der Waals surface area contributed by atoms with Crippen molar-refractivity contribution < 1.29 is 35.4 Å². The van der Waals surface area contributed by atoms with Gasteiger partial charge in [0.1, 0.15) is 5.75 Å². The summed E-state index contributed by atoms with van der Waals surface area (Å²) in [4.78, 5) is 0. The minimum Gasteiger partial charge on any atom is -0.507 e. The van der Waals surface area contributed by atoms with E-state index in [0.717, 1.165) is 37.8 Å². The van der Waals surface area contributed by atoms with Gasteiger partial charge >= 0.3 is 0 Å². The van der Waals surface area contributed by atoms with E-state index >= 15 is 0 Å². The molecule has 55 heavy (non-hydrogen) atoms. The summed E-state index contributed by atoms with van der Waals surface area (Å²) in [5.41, 5.74) is 3.92. The van der Waals surface area contributed by atoms with E-state index in [1.54, 1.807) is 30.4 Å². The van der Waals surface area contributed by atoms with Crippen LogP contribution in [0.4, 0.5) is 0 Å². The van der Waals surface area contributed by atoms with Gasteiger partial charge in [0.15, 0.2) is 23.0 Å². The number of aryl methyl sites for hydroxylation is 1. The van der Waals surface area contributed by atoms with Crippen molar-refractivity contribution in [3.8, 4) is 28.7 Å². The Labute approximate surface area is 321 Å². The molecular formula is C47H49NO7. The van der Waals surface area contributed by atoms with Gasteiger partial charge in [-0.05, 0) is 115 Å². The molecule has 2 saturated heterocycles. The minimum absolute atomic E-state index is 0.0181. The van der Waals surface area contributed by atoms with E-state index in [1.807, 2.05) is 0 Å². The molecule has 8 nitrogen and oxygen atoms in total. The van der Waals surface area contributed by atoms with Crippen molar-refractivity contribution in [3.63, 3.8) is 0 Å². The van der Waals surface area contributed by atoms with Crippen molar-refractivity contribution in [2.45, 2.75) is 81.8 Å². The second-order valence-electron chi connectivity index (χ2n) is 17.2. The lowest BCUT2D eigenvalue weighted by atomic mass is 9.41. The van der Waals surface area contributed by atoms with Gasteiger partial charge in [-0.15, -0.1) is 0 Å². The molecule has 2 spiro atoms. The highest BCUT2D eigenvalue weighted by Crippen LogP contribution is 2.72. The maximum absolute atomic E-state index is 11.3. The fraction of sp³-hybridized carbons (Fsp3) is 0.404. The Kier molecular flexibility index (Phi) is 8.14. The summed E-state index contributed by atoms with van der Waals surface area (Å²) >= 11 is 0. The number of phenols is 5. The Morgan fingerprint density at radius 3 is 2.42 bits per heavy atom. The Morgan fingerprint density at radius 1 is 0.764 bits per heavy atom. The Morgan fingerprint density at radius 2 is 1.58 bits per heavy atom. The predicted octanol–water partition coefficient (Wildman–Crippen LogP) is 7.87. The van der Waals surface area contributed by atoms with Crippen LogP contribution in [0.5, 0.6) is 28.7 Å². The number of fused-ring (bicyclic) bond motifs is 4. The average molecular weight is 740 g/mol. The standard InChI is InChI=1S/C47H49NO7/c49-32-22-31-13-16-36-38(23-42-30-12-11-29-18-19-46(31,24-32)47(36,55-42)37(29)21-30)48-25-28-6-4-26(5-7-28)8-15-35-33(14-9-27-10-17-39(50)41(52)20-27)34-2-1-3-40(51)43(34)45(54)44(35)53/h1-7,9-14,16-17,20,29-32,36-38,42,48-54H,8,15,18-19,21-25H2/b14-9+/t29-,30+,31+,32+,36-,37+,38+,42-,46+,47+/m1/s1. The molecule has 4 bridgehead atoms. The first-order valence-electron chi connectivity index (χ1n) is 20.1. The monoisotopic (exact) mass is 739 g/mol. The lowest BCUT2D eigenvalue weighted by Crippen LogP contribution is -2.75. The zero-order valence-corrected chi connectivity index (χ0v) is 30.8. The van der Waals surface area contributed by atoms with E-state index < -0.39 is 0 Å². The lowest BCUT2D eigenvalue weighted by Gasteiger charge is -2.71. The van der Waals surface area contributed by atoms with Crippen LogP contribution < -0.4 is 5.32 Å². The maximum Gasteiger partial charge on any atom is 0.169 e. The smallest absolute Gasteiger partial charge is 0.169 e. The first-order chi connectivity index (χ1) is 26.6. The minimum atomic E-state index is -0.359. The SMILES string of the molecule is Oc1ccc(/C=C/c2c(CCc3ccc(CN[C@H]4C[C@H]5O[C@]67[C@@H]4C=C[C@H]4C[C@H](O)C[C@@]46CC[C@H]4C=C[C@H]5C[C@@H]47)cc3)c(O)c(O)c3c(O)cccc23)cc1O. The quantitative estimate of drug-likeness (QED) is 0.0550. The zero-order valence-electron chi connectivity index (χ0n) is 30.8. The third kappa shape index (κ3) is 5.28. The van der Waals surface area contributed by atoms with Crippen molar-refractivity contribution in [2.75, 3.05) is 0 Å². The molecule has 0 unspecified atom stereocenters. The van der Waals surface area contributed by atoms with Crippen molar-refractivity contribution in [1.29, 1.82) is 0 Å². The largest absolute Gasteiger partial charge is 0.507 e. The predicted molar refractivity (Wildman–Crippen MR) is 212 cm³/mol. The number of aromatic hydroxyl groups is 5. The summed E-state index contributed by atoms with van der Waals surface area (Å²) in [6, 6.07) is 18.4. The molecule has 6 aliphatic rings. The molecule has 4 aromatic rings. The summed E-state index contributed by atoms with van der Waals surface area (Å²) in [6.07, 6.45) is 20.7. The highest BCUT2D eigenvalue weighted by atomic mass is 16.5. The number of hydrogen-bond acceptors (Lipinski definition) is 8. The van der Waals surface area contributed by atoms with Crippen LogP contribution in [0.2, 0.25) is 0 Å². The Bertz CT molecular complexity index is 2260. The number of ether oxygens (including phenoxy) is 1. The maximum atomic E-state index is 11.3. The number of aliphatic hydroxyl groups is 1. The van der Waals surface area contributed by atoms with Crippen LogP contribution in [0, 0.1) is 35.0 Å². The fourth-order valence-corrected chi connectivity index (χ4v) is 12.2. The fourth-order valence-electron chi connectivity index (χ4n) is 12.2. The number of hydrogen-bond donors (Lipinski definition) is 7. The third-order valence-corrected chi connectivity index (χ3v) is 14.6. The molecule has 2 heterocycles. The lowest BCUT2D eigenvalue weighted by molar-refractivity contribution is -0.317. The molecule has 0 aromatic heterocycles. The van der Waals surface area contributed by atoms with E-state index in [0.29, 0.717) is 64.6 Å². The molecule has 2 saturated carbocycles. The van der Waals surface area contributed by atoms with Gasteiger partial charge in [-0.2, -0.15) is 0 Å². The molecule has 10 rings (SSSR count). The number of benzene rings is 4. The molecular weight excluding hydrogens is 691 g/mol. The molecule has 4 fully saturated rings. The van der Waals surface area contributed by atoms with Gasteiger partial charge in [0.05, 0.1) is 23.2 Å². The normalized spacial score (nSPS) is 34.0. The summed E-state index contributed by atoms with van der Waals surface area (Å²) in [5, 5.41) is 68.5. The number of rotatable bonds is 8. The molecule has 4 aromatic carbocycles. The second kappa shape index (κ2) is 12.9. The van der Waals surface area contributed by atoms with E-state index in [2.05, 4.69) is 53.9 Å². The van der Waals surface area contributed by atoms with Crippen LogP contribution in [0.15, 0.2) is 85.0 Å². The first kappa shape index (κ1) is 34.7. The van der Waals surface area contributed by atoms with Gasteiger partial charge in [-0.25, -0.2) is 0 Å². The van der Waals surface area contributed by atoms with Crippen LogP contribution in [0.1, 0.15) is 66.3 Å². The van der Waals surface area contributed by atoms with Crippen molar-refractivity contribution in [2.24, 2.45) is 35.0 Å². The summed E-state index contributed by atoms with van der Waals surface area (Å²) in [6.45, 7) is 0.746. The first-order valence-corrected chi connectivity index (χ1v) is 20.1. The van der Waals surface area contributed by atoms with Crippen molar-refractivity contribution >= 4 is 22.9 Å². The molecule has 7 N–H and O–H groups in total. The highest BCUT2D eigenvalue weighted by Gasteiger charge is 2.74. The average Bonchev–Trinajstić information content (AvgIpc) is 3.53. The van der Waals surface area contributed by atoms with Crippen LogP contribution in [-0.4, -0.2) is 54.5 Å². The molecule has 0 radical (unpaired) electrons. The summed E-state index contributed by atoms with van der Waals surface area (Å²) in [5.74, 6) is 0.985. The van der Waals surface area contributed by atoms with E-state index in [4.69, 9.17) is 4.74 Å². The van der Waals surface area contributed by atoms with Crippen LogP contribution in [0.3, 0.4) is 0 Å². The number of phenolic OH excluding ortho intramolecular Hbond substituents is 5. The molecule has 10 atom stereocenters.